The van der Waals surface area contributed by atoms with Crippen molar-refractivity contribution in [2.45, 2.75) is 23.5 Å². The first-order chi connectivity index (χ1) is 11.7. The zero-order valence-electron chi connectivity index (χ0n) is 13.9. The average molecular weight is 379 g/mol. The fraction of sp³-hybridized carbons (Fsp3) is 0.316. The van der Waals surface area contributed by atoms with Crippen LogP contribution >= 0.6 is 12.4 Å². The normalized spacial score (nSPS) is 18.0. The number of anilines is 1. The van der Waals surface area contributed by atoms with Crippen LogP contribution in [-0.4, -0.2) is 23.2 Å². The van der Waals surface area contributed by atoms with E-state index >= 15 is 0 Å². The van der Waals surface area contributed by atoms with Gasteiger partial charge < -0.3 is 10.6 Å². The molecule has 0 aliphatic carbocycles. The summed E-state index contributed by atoms with van der Waals surface area (Å²) >= 11 is 0. The Kier molecular flexibility index (Phi) is 7.62. The lowest BCUT2D eigenvalue weighted by Crippen LogP contribution is -2.37. The highest BCUT2D eigenvalue weighted by molar-refractivity contribution is 7.84. The van der Waals surface area contributed by atoms with E-state index < -0.39 is 10.8 Å². The molecular formula is C19H23ClN2O2S. The van der Waals surface area contributed by atoms with Gasteiger partial charge in [-0.25, -0.2) is 0 Å². The summed E-state index contributed by atoms with van der Waals surface area (Å²) in [7, 11) is -1.08. The summed E-state index contributed by atoms with van der Waals surface area (Å²) in [5.41, 5.74) is 1.73. The van der Waals surface area contributed by atoms with Crippen molar-refractivity contribution >= 4 is 34.8 Å². The first-order valence-corrected chi connectivity index (χ1v) is 9.58. The second kappa shape index (κ2) is 9.70. The molecule has 6 heteroatoms. The number of hydrogen-bond donors (Lipinski definition) is 2. The summed E-state index contributed by atoms with van der Waals surface area (Å²) in [5.74, 6) is 0.531. The van der Waals surface area contributed by atoms with Crippen molar-refractivity contribution in [2.24, 2.45) is 5.92 Å². The van der Waals surface area contributed by atoms with Crippen molar-refractivity contribution in [2.75, 3.05) is 18.4 Å². The Bertz CT molecular complexity index is 718. The lowest BCUT2D eigenvalue weighted by molar-refractivity contribution is -0.120. The summed E-state index contributed by atoms with van der Waals surface area (Å²) in [6.07, 6.45) is 1.96. The highest BCUT2D eigenvalue weighted by Gasteiger charge is 2.20. The average Bonchev–Trinajstić information content (AvgIpc) is 2.63. The van der Waals surface area contributed by atoms with E-state index in [2.05, 4.69) is 10.6 Å². The SMILES string of the molecule is Cl.O=C(Nc1cccc(CS(=O)c2ccccc2)c1)C1CCCNC1. The number of carbonyl (C=O) groups excluding carboxylic acids is 1. The van der Waals surface area contributed by atoms with E-state index in [-0.39, 0.29) is 24.2 Å². The predicted molar refractivity (Wildman–Crippen MR) is 104 cm³/mol. The molecule has 2 aromatic rings. The molecule has 2 unspecified atom stereocenters. The number of piperidine rings is 1. The van der Waals surface area contributed by atoms with E-state index in [0.717, 1.165) is 42.1 Å². The van der Waals surface area contributed by atoms with Gasteiger partial charge in [0.25, 0.3) is 0 Å². The molecule has 1 aliphatic heterocycles. The highest BCUT2D eigenvalue weighted by atomic mass is 35.5. The molecule has 1 amide bonds. The minimum Gasteiger partial charge on any atom is -0.326 e. The van der Waals surface area contributed by atoms with E-state index in [0.29, 0.717) is 5.75 Å². The minimum atomic E-state index is -1.08. The standard InChI is InChI=1S/C19H22N2O2S.ClH/c22-19(16-7-5-11-20-13-16)21-17-8-4-6-15(12-17)14-24(23)18-9-2-1-3-10-18;/h1-4,6,8-10,12,16,20H,5,7,11,13-14H2,(H,21,22);1H. The number of benzene rings is 2. The van der Waals surface area contributed by atoms with Crippen molar-refractivity contribution in [3.05, 3.63) is 60.2 Å². The molecule has 4 nitrogen and oxygen atoms in total. The maximum Gasteiger partial charge on any atom is 0.228 e. The Morgan fingerprint density at radius 1 is 1.16 bits per heavy atom. The fourth-order valence-electron chi connectivity index (χ4n) is 2.87. The molecule has 1 fully saturated rings. The fourth-order valence-corrected chi connectivity index (χ4v) is 3.98. The number of rotatable bonds is 5. The third-order valence-electron chi connectivity index (χ3n) is 4.17. The van der Waals surface area contributed by atoms with Crippen molar-refractivity contribution in [1.82, 2.24) is 5.32 Å². The van der Waals surface area contributed by atoms with Crippen molar-refractivity contribution in [3.8, 4) is 0 Å². The Balaban J connectivity index is 0.00000225. The molecule has 2 N–H and O–H groups in total. The molecule has 25 heavy (non-hydrogen) atoms. The number of amides is 1. The molecule has 0 radical (unpaired) electrons. The monoisotopic (exact) mass is 378 g/mol. The minimum absolute atomic E-state index is 0. The van der Waals surface area contributed by atoms with Gasteiger partial charge in [0.15, 0.2) is 0 Å². The van der Waals surface area contributed by atoms with Crippen LogP contribution in [-0.2, 0) is 21.3 Å². The van der Waals surface area contributed by atoms with Crippen LogP contribution in [0.1, 0.15) is 18.4 Å². The molecule has 1 heterocycles. The molecule has 1 aliphatic rings. The highest BCUT2D eigenvalue weighted by Crippen LogP contribution is 2.18. The van der Waals surface area contributed by atoms with Crippen molar-refractivity contribution in [1.29, 1.82) is 0 Å². The topological polar surface area (TPSA) is 58.2 Å². The maximum absolute atomic E-state index is 12.4. The van der Waals surface area contributed by atoms with E-state index in [1.807, 2.05) is 54.6 Å². The zero-order chi connectivity index (χ0) is 16.8. The smallest absolute Gasteiger partial charge is 0.228 e. The molecule has 0 saturated carbocycles. The number of halogens is 1. The largest absolute Gasteiger partial charge is 0.326 e. The molecule has 0 spiro atoms. The molecule has 3 rings (SSSR count). The van der Waals surface area contributed by atoms with Gasteiger partial charge in [-0.3, -0.25) is 9.00 Å². The van der Waals surface area contributed by atoms with Crippen LogP contribution < -0.4 is 10.6 Å². The Labute approximate surface area is 157 Å². The van der Waals surface area contributed by atoms with Crippen LogP contribution in [0.15, 0.2) is 59.5 Å². The third-order valence-corrected chi connectivity index (χ3v) is 5.56. The lowest BCUT2D eigenvalue weighted by Gasteiger charge is -2.22. The molecule has 1 saturated heterocycles. The first kappa shape index (κ1) is 19.6. The second-order valence-corrected chi connectivity index (χ2v) is 7.49. The van der Waals surface area contributed by atoms with Crippen LogP contribution in [0.5, 0.6) is 0 Å². The van der Waals surface area contributed by atoms with Crippen LogP contribution in [0.2, 0.25) is 0 Å². The lowest BCUT2D eigenvalue weighted by atomic mass is 9.99. The van der Waals surface area contributed by atoms with Gasteiger partial charge in [-0.2, -0.15) is 0 Å². The van der Waals surface area contributed by atoms with Gasteiger partial charge in [0, 0.05) is 17.1 Å². The van der Waals surface area contributed by atoms with E-state index in [9.17, 15) is 9.00 Å². The van der Waals surface area contributed by atoms with Gasteiger partial charge in [0.1, 0.15) is 0 Å². The Morgan fingerprint density at radius 2 is 1.96 bits per heavy atom. The molecule has 2 atom stereocenters. The van der Waals surface area contributed by atoms with Crippen molar-refractivity contribution < 1.29 is 9.00 Å². The molecule has 134 valence electrons. The number of carbonyl (C=O) groups is 1. The van der Waals surface area contributed by atoms with Crippen molar-refractivity contribution in [3.63, 3.8) is 0 Å². The summed E-state index contributed by atoms with van der Waals surface area (Å²) in [5, 5.41) is 6.24. The van der Waals surface area contributed by atoms with Crippen LogP contribution in [0.25, 0.3) is 0 Å². The zero-order valence-corrected chi connectivity index (χ0v) is 15.6. The number of hydrogen-bond acceptors (Lipinski definition) is 3. The summed E-state index contributed by atoms with van der Waals surface area (Å²) < 4.78 is 12.4. The van der Waals surface area contributed by atoms with Gasteiger partial charge in [0.2, 0.25) is 5.91 Å². The van der Waals surface area contributed by atoms with Gasteiger partial charge >= 0.3 is 0 Å². The van der Waals surface area contributed by atoms with Gasteiger partial charge in [-0.15, -0.1) is 12.4 Å². The molecule has 0 bridgehead atoms. The Hall–Kier alpha value is -1.69. The third kappa shape index (κ3) is 5.66. The van der Waals surface area contributed by atoms with Gasteiger partial charge in [-0.1, -0.05) is 30.3 Å². The number of nitrogens with one attached hydrogen (secondary N) is 2. The van der Waals surface area contributed by atoms with E-state index in [4.69, 9.17) is 0 Å². The van der Waals surface area contributed by atoms with E-state index in [1.54, 1.807) is 0 Å². The molecular weight excluding hydrogens is 356 g/mol. The molecule has 2 aromatic carbocycles. The summed E-state index contributed by atoms with van der Waals surface area (Å²) in [4.78, 5) is 13.1. The van der Waals surface area contributed by atoms with E-state index in [1.165, 1.54) is 0 Å². The quantitative estimate of drug-likeness (QED) is 0.838. The maximum atomic E-state index is 12.4. The summed E-state index contributed by atoms with van der Waals surface area (Å²) in [6.45, 7) is 1.73. The predicted octanol–water partition coefficient (Wildman–Crippen LogP) is 3.35. The second-order valence-electron chi connectivity index (χ2n) is 6.04. The van der Waals surface area contributed by atoms with Crippen LogP contribution in [0.3, 0.4) is 0 Å². The van der Waals surface area contributed by atoms with Gasteiger partial charge in [0.05, 0.1) is 22.5 Å². The molecule has 0 aromatic heterocycles. The van der Waals surface area contributed by atoms with Crippen LogP contribution in [0, 0.1) is 5.92 Å². The van der Waals surface area contributed by atoms with Gasteiger partial charge in [-0.05, 0) is 49.2 Å². The van der Waals surface area contributed by atoms with Crippen LogP contribution in [0.4, 0.5) is 5.69 Å². The summed E-state index contributed by atoms with van der Waals surface area (Å²) in [6, 6.07) is 17.1. The Morgan fingerprint density at radius 3 is 2.68 bits per heavy atom. The first-order valence-electron chi connectivity index (χ1n) is 8.26.